The molecule has 0 heterocycles. The zero-order chi connectivity index (χ0) is 24.3. The molecule has 1 saturated carbocycles. The average molecular weight is 487 g/mol. The first-order valence-electron chi connectivity index (χ1n) is 12.1. The fraction of sp³-hybridized carbons (Fsp3) is 0.481. The second kappa shape index (κ2) is 13.4. The molecule has 2 aromatic carbocycles. The smallest absolute Gasteiger partial charge is 0.243 e. The van der Waals surface area contributed by atoms with Crippen LogP contribution in [0.4, 0.5) is 4.39 Å². The second-order valence-electron chi connectivity index (χ2n) is 8.72. The van der Waals surface area contributed by atoms with Crippen LogP contribution >= 0.6 is 11.8 Å². The predicted octanol–water partition coefficient (Wildman–Crippen LogP) is 5.32. The van der Waals surface area contributed by atoms with Gasteiger partial charge in [0, 0.05) is 18.3 Å². The van der Waals surface area contributed by atoms with Crippen molar-refractivity contribution in [1.29, 1.82) is 0 Å². The zero-order valence-corrected chi connectivity index (χ0v) is 20.9. The van der Waals surface area contributed by atoms with E-state index >= 15 is 0 Å². The fourth-order valence-electron chi connectivity index (χ4n) is 4.38. The molecule has 34 heavy (non-hydrogen) atoms. The number of methoxy groups -OCH3 is 1. The van der Waals surface area contributed by atoms with Crippen LogP contribution in [0.3, 0.4) is 0 Å². The Bertz CT molecular complexity index is 949. The summed E-state index contributed by atoms with van der Waals surface area (Å²) in [5, 5.41) is 3.19. The summed E-state index contributed by atoms with van der Waals surface area (Å²) in [6.07, 6.45) is 5.96. The largest absolute Gasteiger partial charge is 0.497 e. The zero-order valence-electron chi connectivity index (χ0n) is 20.1. The molecular formula is C27H35FN2O3S. The van der Waals surface area contributed by atoms with E-state index in [1.54, 1.807) is 30.2 Å². The van der Waals surface area contributed by atoms with Crippen LogP contribution in [0.2, 0.25) is 0 Å². The summed E-state index contributed by atoms with van der Waals surface area (Å²) in [6.45, 7) is 2.25. The lowest BCUT2D eigenvalue weighted by molar-refractivity contribution is -0.139. The number of carbonyl (C=O) groups excluding carboxylic acids is 2. The van der Waals surface area contributed by atoms with E-state index in [-0.39, 0.29) is 29.4 Å². The molecule has 0 unspecified atom stereocenters. The number of benzene rings is 2. The van der Waals surface area contributed by atoms with Crippen molar-refractivity contribution in [3.8, 4) is 5.75 Å². The molecule has 7 heteroatoms. The summed E-state index contributed by atoms with van der Waals surface area (Å²) in [4.78, 5) is 28.3. The Morgan fingerprint density at radius 2 is 1.91 bits per heavy atom. The number of rotatable bonds is 11. The van der Waals surface area contributed by atoms with E-state index < -0.39 is 6.04 Å². The number of thioether (sulfide) groups is 1. The molecule has 0 radical (unpaired) electrons. The molecule has 0 saturated heterocycles. The third-order valence-electron chi connectivity index (χ3n) is 6.27. The molecule has 5 nitrogen and oxygen atoms in total. The van der Waals surface area contributed by atoms with Gasteiger partial charge in [-0.3, -0.25) is 9.59 Å². The Labute approximate surface area is 206 Å². The fourth-order valence-corrected chi connectivity index (χ4v) is 5.27. The summed E-state index contributed by atoms with van der Waals surface area (Å²) < 4.78 is 19.3. The molecule has 0 spiro atoms. The lowest BCUT2D eigenvalue weighted by atomic mass is 9.95. The topological polar surface area (TPSA) is 58.6 Å². The Balaban J connectivity index is 1.72. The first-order chi connectivity index (χ1) is 16.5. The van der Waals surface area contributed by atoms with Gasteiger partial charge in [-0.25, -0.2) is 4.39 Å². The maximum absolute atomic E-state index is 14.0. The van der Waals surface area contributed by atoms with Crippen molar-refractivity contribution in [1.82, 2.24) is 10.2 Å². The van der Waals surface area contributed by atoms with Gasteiger partial charge in [-0.05, 0) is 48.6 Å². The lowest BCUT2D eigenvalue weighted by Gasteiger charge is -2.32. The summed E-state index contributed by atoms with van der Waals surface area (Å²) in [5.74, 6) is 0.786. The van der Waals surface area contributed by atoms with Gasteiger partial charge in [-0.15, -0.1) is 11.8 Å². The van der Waals surface area contributed by atoms with Gasteiger partial charge in [-0.1, -0.05) is 56.5 Å². The van der Waals surface area contributed by atoms with E-state index in [1.165, 1.54) is 24.2 Å². The Morgan fingerprint density at radius 1 is 1.15 bits per heavy atom. The summed E-state index contributed by atoms with van der Waals surface area (Å²) in [7, 11) is 1.61. The number of hydrogen-bond donors (Lipinski definition) is 1. The van der Waals surface area contributed by atoms with Crippen molar-refractivity contribution in [2.45, 2.75) is 69.8 Å². The van der Waals surface area contributed by atoms with E-state index in [1.807, 2.05) is 31.2 Å². The molecule has 184 valence electrons. The van der Waals surface area contributed by atoms with Gasteiger partial charge >= 0.3 is 0 Å². The van der Waals surface area contributed by atoms with Gasteiger partial charge in [0.05, 0.1) is 12.9 Å². The monoisotopic (exact) mass is 486 g/mol. The lowest BCUT2D eigenvalue weighted by Crippen LogP contribution is -2.52. The van der Waals surface area contributed by atoms with Crippen LogP contribution in [0.5, 0.6) is 5.75 Å². The summed E-state index contributed by atoms with van der Waals surface area (Å²) in [5.41, 5.74) is 1.47. The number of ether oxygens (including phenoxy) is 1. The highest BCUT2D eigenvalue weighted by Crippen LogP contribution is 2.22. The minimum absolute atomic E-state index is 0.0928. The van der Waals surface area contributed by atoms with Crippen molar-refractivity contribution in [3.63, 3.8) is 0 Å². The van der Waals surface area contributed by atoms with Crippen molar-refractivity contribution < 1.29 is 18.7 Å². The molecule has 0 bridgehead atoms. The van der Waals surface area contributed by atoms with Crippen molar-refractivity contribution in [2.24, 2.45) is 0 Å². The Hall–Kier alpha value is -2.54. The highest BCUT2D eigenvalue weighted by Gasteiger charge is 2.30. The van der Waals surface area contributed by atoms with Gasteiger partial charge in [0.2, 0.25) is 11.8 Å². The normalized spacial score (nSPS) is 14.9. The molecular weight excluding hydrogens is 451 g/mol. The third-order valence-corrected chi connectivity index (χ3v) is 7.23. The van der Waals surface area contributed by atoms with Gasteiger partial charge in [-0.2, -0.15) is 0 Å². The molecule has 3 rings (SSSR count). The summed E-state index contributed by atoms with van der Waals surface area (Å²) >= 11 is 1.36. The van der Waals surface area contributed by atoms with Crippen LogP contribution in [0, 0.1) is 5.82 Å². The molecule has 1 atom stereocenters. The molecule has 0 aliphatic heterocycles. The number of amides is 2. The molecule has 1 N–H and O–H groups in total. The van der Waals surface area contributed by atoms with E-state index in [0.29, 0.717) is 30.0 Å². The minimum Gasteiger partial charge on any atom is -0.497 e. The van der Waals surface area contributed by atoms with Crippen LogP contribution in [0.15, 0.2) is 48.5 Å². The average Bonchev–Trinajstić information content (AvgIpc) is 2.85. The van der Waals surface area contributed by atoms with E-state index in [2.05, 4.69) is 5.32 Å². The van der Waals surface area contributed by atoms with Gasteiger partial charge in [0.1, 0.15) is 17.6 Å². The van der Waals surface area contributed by atoms with Crippen molar-refractivity contribution in [3.05, 3.63) is 65.5 Å². The van der Waals surface area contributed by atoms with E-state index in [4.69, 9.17) is 4.74 Å². The highest BCUT2D eigenvalue weighted by molar-refractivity contribution is 7.99. The molecule has 2 aromatic rings. The van der Waals surface area contributed by atoms with Crippen molar-refractivity contribution >= 4 is 23.6 Å². The number of nitrogens with zero attached hydrogens (tertiary/aromatic N) is 1. The van der Waals surface area contributed by atoms with Crippen LogP contribution in [-0.4, -0.2) is 41.7 Å². The van der Waals surface area contributed by atoms with Crippen molar-refractivity contribution in [2.75, 3.05) is 12.9 Å². The van der Waals surface area contributed by atoms with Crippen LogP contribution in [0.1, 0.15) is 56.6 Å². The van der Waals surface area contributed by atoms with Gasteiger partial charge in [0.15, 0.2) is 0 Å². The number of carbonyl (C=O) groups is 2. The first kappa shape index (κ1) is 26.1. The van der Waals surface area contributed by atoms with Gasteiger partial charge in [0.25, 0.3) is 0 Å². The maximum Gasteiger partial charge on any atom is 0.243 e. The SMILES string of the molecule is CC[C@@H](C(=O)NC1CCCCC1)N(Cc1cccc(OC)c1)C(=O)CSCc1ccccc1F. The van der Waals surface area contributed by atoms with Gasteiger partial charge < -0.3 is 15.0 Å². The Kier molecular flexibility index (Phi) is 10.3. The quantitative estimate of drug-likeness (QED) is 0.467. The number of halogens is 1. The first-order valence-corrected chi connectivity index (χ1v) is 13.2. The van der Waals surface area contributed by atoms with E-state index in [0.717, 1.165) is 31.2 Å². The van der Waals surface area contributed by atoms with Crippen LogP contribution in [-0.2, 0) is 21.9 Å². The Morgan fingerprint density at radius 3 is 2.62 bits per heavy atom. The predicted molar refractivity (Wildman–Crippen MR) is 135 cm³/mol. The summed E-state index contributed by atoms with van der Waals surface area (Å²) in [6, 6.07) is 13.8. The molecule has 1 aliphatic rings. The van der Waals surface area contributed by atoms with E-state index in [9.17, 15) is 14.0 Å². The maximum atomic E-state index is 14.0. The van der Waals surface area contributed by atoms with Crippen LogP contribution < -0.4 is 10.1 Å². The second-order valence-corrected chi connectivity index (χ2v) is 9.71. The number of hydrogen-bond acceptors (Lipinski definition) is 4. The van der Waals surface area contributed by atoms with Crippen LogP contribution in [0.25, 0.3) is 0 Å². The third kappa shape index (κ3) is 7.49. The highest BCUT2D eigenvalue weighted by atomic mass is 32.2. The number of nitrogens with one attached hydrogen (secondary N) is 1. The molecule has 2 amide bonds. The molecule has 0 aromatic heterocycles. The molecule has 1 aliphatic carbocycles. The standard InChI is InChI=1S/C27H35FN2O3S/c1-3-25(27(32)29-22-12-5-4-6-13-22)30(17-20-10-9-14-23(16-20)33-2)26(31)19-34-18-21-11-7-8-15-24(21)28/h7-11,14-16,22,25H,3-6,12-13,17-19H2,1-2H3,(H,29,32)/t25-/m0/s1. The minimum atomic E-state index is -0.560. The molecule has 1 fully saturated rings.